The quantitative estimate of drug-likeness (QED) is 0.446. The molecule has 28 heavy (non-hydrogen) atoms. The van der Waals surface area contributed by atoms with Crippen LogP contribution in [0.15, 0.2) is 42.5 Å². The predicted octanol–water partition coefficient (Wildman–Crippen LogP) is 2.82. The number of Topliss-reactive ketones (excluding diaryl/α,β-unsaturated/α-hetero) is 1. The predicted molar refractivity (Wildman–Crippen MR) is 102 cm³/mol. The van der Waals surface area contributed by atoms with Crippen LogP contribution >= 0.6 is 0 Å². The number of methoxy groups -OCH3 is 1. The molecule has 1 N–H and O–H groups in total. The minimum Gasteiger partial charge on any atom is -0.490 e. The number of anilines is 1. The summed E-state index contributed by atoms with van der Waals surface area (Å²) in [6.07, 6.45) is 0.182. The van der Waals surface area contributed by atoms with E-state index in [-0.39, 0.29) is 17.0 Å². The first-order valence-electron chi connectivity index (χ1n) is 8.83. The molecule has 1 unspecified atom stereocenters. The lowest BCUT2D eigenvalue weighted by Gasteiger charge is -2.22. The zero-order valence-electron chi connectivity index (χ0n) is 15.5. The molecule has 0 saturated carbocycles. The van der Waals surface area contributed by atoms with Crippen molar-refractivity contribution in [2.75, 3.05) is 18.6 Å². The molecule has 0 saturated heterocycles. The van der Waals surface area contributed by atoms with Gasteiger partial charge in [0.05, 0.1) is 24.1 Å². The molecule has 0 aromatic heterocycles. The summed E-state index contributed by atoms with van der Waals surface area (Å²) in [5, 5.41) is 22.3. The molecule has 2 aromatic rings. The topological polar surface area (TPSA) is 110 Å². The number of nitrogens with zero attached hydrogens (tertiary/aromatic N) is 2. The number of carbonyl (C=O) groups is 2. The number of nitro benzene ring substituents is 1. The van der Waals surface area contributed by atoms with Crippen molar-refractivity contribution in [1.29, 1.82) is 0 Å². The third-order valence-electron chi connectivity index (χ3n) is 4.80. The third-order valence-corrected chi connectivity index (χ3v) is 4.80. The Morgan fingerprint density at radius 3 is 2.64 bits per heavy atom. The molecule has 1 amide bonds. The number of nitro groups is 1. The van der Waals surface area contributed by atoms with Crippen molar-refractivity contribution >= 4 is 23.1 Å². The number of ether oxygens (including phenoxy) is 1. The maximum absolute atomic E-state index is 12.9. The van der Waals surface area contributed by atoms with Crippen LogP contribution in [-0.4, -0.2) is 35.4 Å². The smallest absolute Gasteiger partial charge is 0.311 e. The third kappa shape index (κ3) is 3.11. The zero-order chi connectivity index (χ0) is 20.5. The molecule has 3 rings (SSSR count). The van der Waals surface area contributed by atoms with Crippen LogP contribution in [-0.2, 0) is 10.4 Å². The Morgan fingerprint density at radius 2 is 2.00 bits per heavy atom. The first-order valence-corrected chi connectivity index (χ1v) is 8.83. The van der Waals surface area contributed by atoms with E-state index in [4.69, 9.17) is 4.74 Å². The van der Waals surface area contributed by atoms with Crippen LogP contribution in [0, 0.1) is 10.1 Å². The lowest BCUT2D eigenvalue weighted by Crippen LogP contribution is -2.42. The highest BCUT2D eigenvalue weighted by Gasteiger charge is 2.50. The molecule has 1 atom stereocenters. The van der Waals surface area contributed by atoms with Gasteiger partial charge in [-0.25, -0.2) is 0 Å². The number of fused-ring (bicyclic) bond motifs is 1. The molecular weight excluding hydrogens is 364 g/mol. The van der Waals surface area contributed by atoms with Crippen LogP contribution in [0.4, 0.5) is 11.4 Å². The average molecular weight is 384 g/mol. The van der Waals surface area contributed by atoms with Crippen LogP contribution in [0.1, 0.15) is 35.7 Å². The molecule has 8 nitrogen and oxygen atoms in total. The Balaban J connectivity index is 1.97. The van der Waals surface area contributed by atoms with Crippen molar-refractivity contribution in [2.24, 2.45) is 0 Å². The maximum atomic E-state index is 12.9. The van der Waals surface area contributed by atoms with Crippen molar-refractivity contribution < 1.29 is 24.4 Å². The minimum atomic E-state index is -2.00. The van der Waals surface area contributed by atoms with Gasteiger partial charge < -0.3 is 14.7 Å². The summed E-state index contributed by atoms with van der Waals surface area (Å²) in [6.45, 7) is 2.33. The van der Waals surface area contributed by atoms with E-state index in [1.54, 1.807) is 24.3 Å². The van der Waals surface area contributed by atoms with Crippen molar-refractivity contribution in [3.63, 3.8) is 0 Å². The van der Waals surface area contributed by atoms with Crippen molar-refractivity contribution in [1.82, 2.24) is 0 Å². The number of hydrogen-bond donors (Lipinski definition) is 1. The van der Waals surface area contributed by atoms with E-state index < -0.39 is 28.6 Å². The normalized spacial score (nSPS) is 18.1. The second kappa shape index (κ2) is 7.40. The Bertz CT molecular complexity index is 957. The highest BCUT2D eigenvalue weighted by Crippen LogP contribution is 2.43. The number of hydrogen-bond acceptors (Lipinski definition) is 6. The van der Waals surface area contributed by atoms with E-state index in [0.717, 1.165) is 6.07 Å². The molecule has 1 heterocycles. The number of amides is 1. The van der Waals surface area contributed by atoms with Crippen LogP contribution in [0.3, 0.4) is 0 Å². The van der Waals surface area contributed by atoms with Crippen molar-refractivity contribution in [2.45, 2.75) is 25.4 Å². The van der Waals surface area contributed by atoms with E-state index in [2.05, 4.69) is 0 Å². The van der Waals surface area contributed by atoms with Crippen molar-refractivity contribution in [3.05, 3.63) is 63.7 Å². The Hall–Kier alpha value is -3.26. The van der Waals surface area contributed by atoms with Gasteiger partial charge in [0, 0.05) is 23.7 Å². The lowest BCUT2D eigenvalue weighted by atomic mass is 9.88. The van der Waals surface area contributed by atoms with Gasteiger partial charge in [-0.15, -0.1) is 0 Å². The molecule has 0 radical (unpaired) electrons. The van der Waals surface area contributed by atoms with Crippen LogP contribution in [0.25, 0.3) is 0 Å². The zero-order valence-corrected chi connectivity index (χ0v) is 15.5. The van der Waals surface area contributed by atoms with Gasteiger partial charge in [-0.1, -0.05) is 25.1 Å². The summed E-state index contributed by atoms with van der Waals surface area (Å²) in [4.78, 5) is 37.7. The van der Waals surface area contributed by atoms with Gasteiger partial charge in [-0.3, -0.25) is 19.7 Å². The summed E-state index contributed by atoms with van der Waals surface area (Å²) < 4.78 is 4.94. The van der Waals surface area contributed by atoms with E-state index in [0.29, 0.717) is 24.2 Å². The molecule has 2 aromatic carbocycles. The van der Waals surface area contributed by atoms with Gasteiger partial charge in [0.1, 0.15) is 0 Å². The minimum absolute atomic E-state index is 0.0247. The summed E-state index contributed by atoms with van der Waals surface area (Å²) in [7, 11) is 1.29. The van der Waals surface area contributed by atoms with Gasteiger partial charge in [-0.05, 0) is 24.6 Å². The Kier molecular flexibility index (Phi) is 5.15. The maximum Gasteiger partial charge on any atom is 0.311 e. The van der Waals surface area contributed by atoms with Crippen LogP contribution in [0.2, 0.25) is 0 Å². The standard InChI is InChI=1S/C20H20N2O6/c1-3-10-21-15-7-5-4-6-14(15)20(25,19(21)24)12-17(23)13-8-9-18(28-2)16(11-13)22(26)27/h4-9,11,25H,3,10,12H2,1-2H3. The molecule has 0 bridgehead atoms. The first kappa shape index (κ1) is 19.5. The van der Waals surface area contributed by atoms with Crippen molar-refractivity contribution in [3.8, 4) is 5.75 Å². The molecule has 1 aliphatic heterocycles. The molecular formula is C20H20N2O6. The Labute approximate surface area is 161 Å². The largest absolute Gasteiger partial charge is 0.490 e. The molecule has 0 fully saturated rings. The summed E-state index contributed by atoms with van der Waals surface area (Å²) >= 11 is 0. The Morgan fingerprint density at radius 1 is 1.29 bits per heavy atom. The number of rotatable bonds is 7. The molecule has 146 valence electrons. The van der Waals surface area contributed by atoms with Gasteiger partial charge in [-0.2, -0.15) is 0 Å². The summed E-state index contributed by atoms with van der Waals surface area (Å²) in [6, 6.07) is 10.6. The molecule has 1 aliphatic rings. The second-order valence-electron chi connectivity index (χ2n) is 6.58. The first-order chi connectivity index (χ1) is 13.3. The highest BCUT2D eigenvalue weighted by molar-refractivity contribution is 6.10. The van der Waals surface area contributed by atoms with Gasteiger partial charge >= 0.3 is 5.69 Å². The monoisotopic (exact) mass is 384 g/mol. The van der Waals surface area contributed by atoms with Crippen LogP contribution in [0.5, 0.6) is 5.75 Å². The summed E-state index contributed by atoms with van der Waals surface area (Å²) in [5.74, 6) is -1.11. The van der Waals surface area contributed by atoms with Gasteiger partial charge in [0.2, 0.25) is 0 Å². The fraction of sp³-hybridized carbons (Fsp3) is 0.300. The molecule has 0 aliphatic carbocycles. The number of para-hydroxylation sites is 1. The van der Waals surface area contributed by atoms with E-state index in [1.165, 1.54) is 24.1 Å². The average Bonchev–Trinajstić information content (AvgIpc) is 2.90. The van der Waals surface area contributed by atoms with Crippen LogP contribution < -0.4 is 9.64 Å². The SMILES string of the molecule is CCCN1C(=O)C(O)(CC(=O)c2ccc(OC)c([N+](=O)[O-])c2)c2ccccc21. The lowest BCUT2D eigenvalue weighted by molar-refractivity contribution is -0.385. The van der Waals surface area contributed by atoms with E-state index in [9.17, 15) is 24.8 Å². The second-order valence-corrected chi connectivity index (χ2v) is 6.58. The molecule has 8 heteroatoms. The highest BCUT2D eigenvalue weighted by atomic mass is 16.6. The fourth-order valence-electron chi connectivity index (χ4n) is 3.46. The van der Waals surface area contributed by atoms with E-state index in [1.807, 2.05) is 6.92 Å². The van der Waals surface area contributed by atoms with E-state index >= 15 is 0 Å². The number of benzene rings is 2. The molecule has 0 spiro atoms. The fourth-order valence-corrected chi connectivity index (χ4v) is 3.46. The summed E-state index contributed by atoms with van der Waals surface area (Å²) in [5.41, 5.74) is -1.39. The number of carbonyl (C=O) groups excluding carboxylic acids is 2. The van der Waals surface area contributed by atoms with Gasteiger partial charge in [0.15, 0.2) is 17.1 Å². The number of aliphatic hydroxyl groups is 1. The number of ketones is 1. The van der Waals surface area contributed by atoms with Gasteiger partial charge in [0.25, 0.3) is 5.91 Å².